The number of aromatic nitrogens is 8. The Morgan fingerprint density at radius 2 is 0.628 bits per heavy atom. The van der Waals surface area contributed by atoms with Gasteiger partial charge in [-0.15, -0.1) is 0 Å². The zero-order valence-electron chi connectivity index (χ0n) is 78.9. The molecule has 624 valence electrons. The molecular formula is C109H128N8O4+4. The van der Waals surface area contributed by atoms with E-state index in [0.29, 0.717) is 17.1 Å². The highest BCUT2D eigenvalue weighted by Crippen LogP contribution is 2.45. The molecule has 0 aliphatic heterocycles. The van der Waals surface area contributed by atoms with E-state index >= 15 is 0 Å². The number of fused-ring (bicyclic) bond motifs is 12. The van der Waals surface area contributed by atoms with Crippen molar-refractivity contribution >= 4 is 88.3 Å². The molecule has 16 aromatic rings. The number of pyridine rings is 8. The molecule has 12 nitrogen and oxygen atoms in total. The van der Waals surface area contributed by atoms with Gasteiger partial charge in [-0.2, -0.15) is 0 Å². The molecule has 12 heterocycles. The molecule has 0 atom stereocenters. The third-order valence-corrected chi connectivity index (χ3v) is 24.8. The molecule has 3 aliphatic carbocycles. The molecule has 0 bridgehead atoms. The van der Waals surface area contributed by atoms with Crippen molar-refractivity contribution in [3.63, 3.8) is 0 Å². The zero-order valence-corrected chi connectivity index (χ0v) is 75.9. The van der Waals surface area contributed by atoms with E-state index in [-0.39, 0.29) is 21.7 Å². The number of rotatable bonds is 11. The van der Waals surface area contributed by atoms with Gasteiger partial charge in [0.15, 0.2) is 47.1 Å². The number of hydrogen-bond donors (Lipinski definition) is 0. The predicted octanol–water partition coefficient (Wildman–Crippen LogP) is 27.1. The number of furan rings is 4. The molecule has 4 aromatic carbocycles. The van der Waals surface area contributed by atoms with Crippen molar-refractivity contribution in [3.05, 3.63) is 238 Å². The van der Waals surface area contributed by atoms with Crippen LogP contribution in [0.15, 0.2) is 188 Å². The van der Waals surface area contributed by atoms with Crippen LogP contribution < -0.4 is 18.3 Å². The van der Waals surface area contributed by atoms with Crippen molar-refractivity contribution in [2.24, 2.45) is 49.9 Å². The van der Waals surface area contributed by atoms with Crippen LogP contribution in [0.1, 0.15) is 256 Å². The third-order valence-electron chi connectivity index (χ3n) is 24.8. The maximum Gasteiger partial charge on any atom is 0.227 e. The first-order chi connectivity index (χ1) is 58.7. The van der Waals surface area contributed by atoms with Crippen LogP contribution in [0.3, 0.4) is 0 Å². The van der Waals surface area contributed by atoms with Gasteiger partial charge in [0.25, 0.3) is 0 Å². The monoisotopic (exact) mass is 1620 g/mol. The highest BCUT2D eigenvalue weighted by Gasteiger charge is 2.31. The lowest BCUT2D eigenvalue weighted by Gasteiger charge is -2.20. The zero-order chi connectivity index (χ0) is 88.1. The first-order valence-corrected chi connectivity index (χ1v) is 44.4. The first-order valence-electron chi connectivity index (χ1n) is 45.9. The Balaban J connectivity index is 0.000000122. The highest BCUT2D eigenvalue weighted by atomic mass is 16.4. The Morgan fingerprint density at radius 3 is 0.992 bits per heavy atom. The van der Waals surface area contributed by atoms with Crippen LogP contribution in [0.5, 0.6) is 0 Å². The second-order valence-electron chi connectivity index (χ2n) is 40.2. The van der Waals surface area contributed by atoms with Crippen molar-refractivity contribution in [1.82, 2.24) is 19.9 Å². The number of nitrogens with zero attached hydrogens (tertiary/aromatic N) is 8. The molecule has 0 saturated heterocycles. The van der Waals surface area contributed by atoms with Gasteiger partial charge in [0.1, 0.15) is 28.2 Å². The van der Waals surface area contributed by atoms with Gasteiger partial charge in [-0.3, -0.25) is 0 Å². The summed E-state index contributed by atoms with van der Waals surface area (Å²) in [5, 5.41) is 8.61. The Morgan fingerprint density at radius 1 is 0.314 bits per heavy atom. The molecule has 3 fully saturated rings. The van der Waals surface area contributed by atoms with Gasteiger partial charge in [0, 0.05) is 130 Å². The van der Waals surface area contributed by atoms with Crippen LogP contribution in [0.25, 0.3) is 133 Å². The van der Waals surface area contributed by atoms with Crippen LogP contribution in [0, 0.1) is 56.3 Å². The maximum absolute atomic E-state index is 9.00. The van der Waals surface area contributed by atoms with E-state index < -0.39 is 17.7 Å². The summed E-state index contributed by atoms with van der Waals surface area (Å²) in [4.78, 5) is 19.2. The lowest BCUT2D eigenvalue weighted by atomic mass is 9.86. The van der Waals surface area contributed by atoms with Gasteiger partial charge in [0.2, 0.25) is 45.6 Å². The summed E-state index contributed by atoms with van der Waals surface area (Å²) in [6.45, 7) is 37.8. The molecule has 0 spiro atoms. The molecule has 12 heteroatoms. The fraction of sp³-hybridized carbons (Fsp3) is 0.413. The van der Waals surface area contributed by atoms with Crippen molar-refractivity contribution < 1.29 is 40.0 Å². The van der Waals surface area contributed by atoms with E-state index in [0.717, 1.165) is 242 Å². The summed E-state index contributed by atoms with van der Waals surface area (Å²) in [6.07, 6.45) is 26.0. The largest absolute Gasteiger partial charge is 0.437 e. The number of hydrogen-bond acceptors (Lipinski definition) is 8. The lowest BCUT2D eigenvalue weighted by molar-refractivity contribution is -0.660. The predicted molar refractivity (Wildman–Crippen MR) is 497 cm³/mol. The summed E-state index contributed by atoms with van der Waals surface area (Å²) in [6, 6.07) is 51.9. The molecule has 0 N–H and O–H groups in total. The van der Waals surface area contributed by atoms with E-state index in [4.69, 9.17) is 36.7 Å². The van der Waals surface area contributed by atoms with Crippen molar-refractivity contribution in [3.8, 4) is 45.0 Å². The van der Waals surface area contributed by atoms with Crippen molar-refractivity contribution in [1.29, 1.82) is 0 Å². The minimum Gasteiger partial charge on any atom is -0.437 e. The van der Waals surface area contributed by atoms with E-state index in [1.807, 2.05) is 19.1 Å². The van der Waals surface area contributed by atoms with Gasteiger partial charge < -0.3 is 17.7 Å². The fourth-order valence-corrected chi connectivity index (χ4v) is 18.9. The van der Waals surface area contributed by atoms with Gasteiger partial charge in [-0.1, -0.05) is 177 Å². The average molecular weight is 1620 g/mol. The van der Waals surface area contributed by atoms with E-state index in [9.17, 15) is 0 Å². The standard InChI is InChI=1S/C29H35N2O.C28H33N2O.C28H35N2O.C24H25N2O/c1-19-11-12-22-23-13-14-24(21-9-7-6-8-10-21)30-28(23)32-27(22)26(19)25-17-20(15-16-31(25)5)18-29(2,3)4;1-18-10-11-21-22-12-13-23(20-8-6-7-9-20)29-27(22)31-26(21)25(18)24-16-19(14-15-30(24)5)17-28(2,3)4;1-18-9-11-21-22-12-10-20(17-28(5,6)7)29-26(22)31-25(21)24(18)23-15-19(13-14-30(23)8)16-27(2,3)4;1-15-8-11-19-20-12-9-16(2)25-24(20)27-23(19)22(15)21-13-10-18(14-26(21)3)17-6-4-5-7-17/h11-17,21H,6-10,18H2,1-5H3;10-16,20H,6-9,17H2,1-5H3;9-15H,16-17H2,1-8H3;8-14,17H,4-7H2,1-3H3/q4*+1/i21D;20D;;17D. The molecule has 19 rings (SSSR count). The van der Waals surface area contributed by atoms with Gasteiger partial charge in [-0.05, 0) is 220 Å². The summed E-state index contributed by atoms with van der Waals surface area (Å²) >= 11 is 0. The molecule has 0 radical (unpaired) electrons. The Bertz CT molecular complexity index is 6770. The third kappa shape index (κ3) is 18.1. The van der Waals surface area contributed by atoms with Crippen molar-refractivity contribution in [2.45, 2.75) is 245 Å². The van der Waals surface area contributed by atoms with Gasteiger partial charge in [0.05, 0.1) is 22.3 Å². The van der Waals surface area contributed by atoms with Gasteiger partial charge in [-0.25, -0.2) is 38.2 Å². The molecule has 3 saturated carbocycles. The van der Waals surface area contributed by atoms with Crippen LogP contribution >= 0.6 is 0 Å². The van der Waals surface area contributed by atoms with Crippen LogP contribution in [0.2, 0.25) is 0 Å². The molecule has 121 heavy (non-hydrogen) atoms. The second kappa shape index (κ2) is 33.6. The quantitative estimate of drug-likeness (QED) is 0.117. The summed E-state index contributed by atoms with van der Waals surface area (Å²) < 4.78 is 61.0. The second-order valence-corrected chi connectivity index (χ2v) is 40.2. The SMILES string of the molecule is Cc1ccc2c(oc3nc(CC(C)(C)C)ccc32)c1-c1cc(CC(C)(C)C)cc[n+]1C.[2H]C1(c2ccc(-c3c(C)ccc4c3oc3nc(C)ccc34)[n+](C)c2)CCCC1.[2H]C1(c2ccc3c(n2)oc2c(-c4cc(CC(C)(C)C)cc[n+]4C)c(C)ccc23)CCCC1.[2H]C1(c2ccc3c(n2)oc2c(-c4cc(CC(C)(C)C)cc[n+]4C)c(C)ccc23)CCCCC1. The van der Waals surface area contributed by atoms with E-state index in [2.05, 4.69) is 320 Å². The van der Waals surface area contributed by atoms with Crippen LogP contribution in [-0.4, -0.2) is 19.9 Å². The topological polar surface area (TPSA) is 120 Å². The van der Waals surface area contributed by atoms with Crippen molar-refractivity contribution in [2.75, 3.05) is 0 Å². The Kier molecular flexibility index (Phi) is 22.2. The summed E-state index contributed by atoms with van der Waals surface area (Å²) in [7, 11) is 8.37. The summed E-state index contributed by atoms with van der Waals surface area (Å²) in [5.41, 5.74) is 29.9. The Hall–Kier alpha value is -10.7. The number of aryl methyl sites for hydroxylation is 9. The Labute approximate surface area is 721 Å². The lowest BCUT2D eigenvalue weighted by Crippen LogP contribution is -2.31. The smallest absolute Gasteiger partial charge is 0.227 e. The minimum absolute atomic E-state index is 0.190. The molecular weight excluding hydrogens is 1490 g/mol. The first kappa shape index (κ1) is 80.0. The maximum atomic E-state index is 9.00. The van der Waals surface area contributed by atoms with Crippen LogP contribution in [-0.2, 0) is 53.9 Å². The average Bonchev–Trinajstić information content (AvgIpc) is 1.60. The molecule has 0 amide bonds. The van der Waals surface area contributed by atoms with E-state index in [1.54, 1.807) is 0 Å². The minimum atomic E-state index is -0.585. The number of benzene rings is 4. The van der Waals surface area contributed by atoms with E-state index in [1.165, 1.54) is 51.1 Å². The molecule has 0 unspecified atom stereocenters. The fourth-order valence-electron chi connectivity index (χ4n) is 18.9. The molecule has 3 aliphatic rings. The molecule has 12 aromatic heterocycles. The van der Waals surface area contributed by atoms with Gasteiger partial charge >= 0.3 is 0 Å². The highest BCUT2D eigenvalue weighted by molar-refractivity contribution is 6.12. The summed E-state index contributed by atoms with van der Waals surface area (Å²) in [5.74, 6) is -1.59. The normalized spacial score (nSPS) is 15.9. The van der Waals surface area contributed by atoms with Crippen LogP contribution in [0.4, 0.5) is 0 Å².